The molecule has 0 saturated heterocycles. The molecule has 98 valence electrons. The second kappa shape index (κ2) is 5.02. The molecule has 3 nitrogen and oxygen atoms in total. The lowest BCUT2D eigenvalue weighted by molar-refractivity contribution is 0.0420. The van der Waals surface area contributed by atoms with Crippen LogP contribution in [0.2, 0.25) is 0 Å². The predicted octanol–water partition coefficient (Wildman–Crippen LogP) is 2.13. The number of amides is 1. The maximum absolute atomic E-state index is 12.1. The van der Waals surface area contributed by atoms with Crippen molar-refractivity contribution in [2.24, 2.45) is 5.92 Å². The highest BCUT2D eigenvalue weighted by atomic mass is 32.1. The Labute approximate surface area is 111 Å². The van der Waals surface area contributed by atoms with Crippen molar-refractivity contribution in [2.75, 3.05) is 6.54 Å². The summed E-state index contributed by atoms with van der Waals surface area (Å²) in [6.45, 7) is 0.709. The standard InChI is InChI=1S/C14H19NO2S/c16-10-5-9(6-10)7-15-14(17)12-8-18-13-4-2-1-3-11(12)13/h8-10,16H,1-7H2,(H,15,17). The highest BCUT2D eigenvalue weighted by Crippen LogP contribution is 2.30. The quantitative estimate of drug-likeness (QED) is 0.879. The minimum atomic E-state index is -0.138. The summed E-state index contributed by atoms with van der Waals surface area (Å²) in [4.78, 5) is 13.5. The molecular weight excluding hydrogens is 246 g/mol. The monoisotopic (exact) mass is 265 g/mol. The van der Waals surface area contributed by atoms with E-state index in [2.05, 4.69) is 5.32 Å². The zero-order valence-corrected chi connectivity index (χ0v) is 11.3. The number of hydrogen-bond acceptors (Lipinski definition) is 3. The molecule has 4 heteroatoms. The number of carbonyl (C=O) groups excluding carboxylic acids is 1. The van der Waals surface area contributed by atoms with Gasteiger partial charge in [-0.1, -0.05) is 0 Å². The van der Waals surface area contributed by atoms with Crippen LogP contribution in [-0.4, -0.2) is 23.7 Å². The zero-order valence-electron chi connectivity index (χ0n) is 10.4. The maximum Gasteiger partial charge on any atom is 0.252 e. The van der Waals surface area contributed by atoms with Gasteiger partial charge in [-0.15, -0.1) is 11.3 Å². The molecule has 1 aromatic heterocycles. The number of hydrogen-bond donors (Lipinski definition) is 2. The molecule has 1 amide bonds. The second-order valence-corrected chi connectivity index (χ2v) is 6.42. The Morgan fingerprint density at radius 1 is 1.39 bits per heavy atom. The number of aliphatic hydroxyl groups is 1. The Morgan fingerprint density at radius 2 is 2.17 bits per heavy atom. The molecule has 2 N–H and O–H groups in total. The lowest BCUT2D eigenvalue weighted by Crippen LogP contribution is -2.38. The Balaban J connectivity index is 1.60. The van der Waals surface area contributed by atoms with Gasteiger partial charge in [0.15, 0.2) is 0 Å². The van der Waals surface area contributed by atoms with E-state index in [0.29, 0.717) is 12.5 Å². The van der Waals surface area contributed by atoms with Crippen molar-refractivity contribution >= 4 is 17.2 Å². The van der Waals surface area contributed by atoms with Crippen LogP contribution in [-0.2, 0) is 12.8 Å². The summed E-state index contributed by atoms with van der Waals surface area (Å²) in [6, 6.07) is 0. The molecule has 18 heavy (non-hydrogen) atoms. The molecule has 1 aromatic rings. The Hall–Kier alpha value is -0.870. The molecule has 0 aliphatic heterocycles. The average Bonchev–Trinajstić information content (AvgIpc) is 2.76. The van der Waals surface area contributed by atoms with Crippen molar-refractivity contribution in [1.29, 1.82) is 0 Å². The molecule has 0 unspecified atom stereocenters. The third-order valence-electron chi connectivity index (χ3n) is 4.07. The van der Waals surface area contributed by atoms with Crippen LogP contribution in [0.1, 0.15) is 46.5 Å². The number of aliphatic hydroxyl groups excluding tert-OH is 1. The number of rotatable bonds is 3. The molecule has 1 fully saturated rings. The Morgan fingerprint density at radius 3 is 2.94 bits per heavy atom. The molecule has 0 radical (unpaired) electrons. The number of fused-ring (bicyclic) bond motifs is 1. The van der Waals surface area contributed by atoms with Crippen LogP contribution in [0.5, 0.6) is 0 Å². The normalized spacial score (nSPS) is 26.3. The van der Waals surface area contributed by atoms with Crippen molar-refractivity contribution in [3.05, 3.63) is 21.4 Å². The first-order valence-electron chi connectivity index (χ1n) is 6.79. The highest BCUT2D eigenvalue weighted by molar-refractivity contribution is 7.10. The summed E-state index contributed by atoms with van der Waals surface area (Å²) in [6.07, 6.45) is 6.20. The van der Waals surface area contributed by atoms with Crippen LogP contribution in [0.25, 0.3) is 0 Å². The topological polar surface area (TPSA) is 49.3 Å². The molecule has 0 spiro atoms. The molecule has 2 aliphatic rings. The van der Waals surface area contributed by atoms with Crippen LogP contribution in [0.3, 0.4) is 0 Å². The van der Waals surface area contributed by atoms with Gasteiger partial charge in [-0.2, -0.15) is 0 Å². The van der Waals surface area contributed by atoms with Crippen molar-refractivity contribution in [2.45, 2.75) is 44.6 Å². The van der Waals surface area contributed by atoms with E-state index in [1.54, 1.807) is 11.3 Å². The predicted molar refractivity (Wildman–Crippen MR) is 72.0 cm³/mol. The van der Waals surface area contributed by atoms with Gasteiger partial charge in [0, 0.05) is 16.8 Å². The SMILES string of the molecule is O=C(NCC1CC(O)C1)c1csc2c1CCCC2. The van der Waals surface area contributed by atoms with Crippen LogP contribution in [0, 0.1) is 5.92 Å². The molecule has 0 atom stereocenters. The lowest BCUT2D eigenvalue weighted by atomic mass is 9.82. The molecule has 0 aromatic carbocycles. The Bertz CT molecular complexity index is 449. The largest absolute Gasteiger partial charge is 0.393 e. The number of aryl methyl sites for hydroxylation is 1. The molecule has 1 saturated carbocycles. The minimum Gasteiger partial charge on any atom is -0.393 e. The number of thiophene rings is 1. The molecule has 1 heterocycles. The molecule has 0 bridgehead atoms. The van der Waals surface area contributed by atoms with E-state index in [1.807, 2.05) is 5.38 Å². The summed E-state index contributed by atoms with van der Waals surface area (Å²) in [5, 5.41) is 14.2. The fourth-order valence-electron chi connectivity index (χ4n) is 2.88. The van der Waals surface area contributed by atoms with Gasteiger partial charge in [0.1, 0.15) is 0 Å². The van der Waals surface area contributed by atoms with E-state index in [1.165, 1.54) is 23.3 Å². The van der Waals surface area contributed by atoms with Crippen LogP contribution in [0.4, 0.5) is 0 Å². The van der Waals surface area contributed by atoms with Crippen LogP contribution in [0.15, 0.2) is 5.38 Å². The Kier molecular flexibility index (Phi) is 3.39. The summed E-state index contributed by atoms with van der Waals surface area (Å²) in [7, 11) is 0. The fourth-order valence-corrected chi connectivity index (χ4v) is 4.01. The number of nitrogens with one attached hydrogen (secondary N) is 1. The van der Waals surface area contributed by atoms with Crippen molar-refractivity contribution < 1.29 is 9.90 Å². The van der Waals surface area contributed by atoms with Crippen molar-refractivity contribution in [1.82, 2.24) is 5.32 Å². The minimum absolute atomic E-state index is 0.0794. The fraction of sp³-hybridized carbons (Fsp3) is 0.643. The lowest BCUT2D eigenvalue weighted by Gasteiger charge is -2.31. The smallest absolute Gasteiger partial charge is 0.252 e. The molecule has 2 aliphatic carbocycles. The highest BCUT2D eigenvalue weighted by Gasteiger charge is 2.28. The van der Waals surface area contributed by atoms with Crippen LogP contribution >= 0.6 is 11.3 Å². The second-order valence-electron chi connectivity index (χ2n) is 5.46. The van der Waals surface area contributed by atoms with Crippen molar-refractivity contribution in [3.63, 3.8) is 0 Å². The molecular formula is C14H19NO2S. The van der Waals surface area contributed by atoms with E-state index in [9.17, 15) is 9.90 Å². The summed E-state index contributed by atoms with van der Waals surface area (Å²) < 4.78 is 0. The van der Waals surface area contributed by atoms with Gasteiger partial charge in [-0.05, 0) is 50.0 Å². The van der Waals surface area contributed by atoms with Crippen molar-refractivity contribution in [3.8, 4) is 0 Å². The van der Waals surface area contributed by atoms with E-state index >= 15 is 0 Å². The summed E-state index contributed by atoms with van der Waals surface area (Å²) >= 11 is 1.73. The van der Waals surface area contributed by atoms with Gasteiger partial charge in [-0.3, -0.25) is 4.79 Å². The van der Waals surface area contributed by atoms with Gasteiger partial charge in [0.05, 0.1) is 11.7 Å². The van der Waals surface area contributed by atoms with E-state index in [4.69, 9.17) is 0 Å². The molecule has 3 rings (SSSR count). The summed E-state index contributed by atoms with van der Waals surface area (Å²) in [5.41, 5.74) is 2.19. The van der Waals surface area contributed by atoms with E-state index in [-0.39, 0.29) is 12.0 Å². The van der Waals surface area contributed by atoms with E-state index < -0.39 is 0 Å². The summed E-state index contributed by atoms with van der Waals surface area (Å²) in [5.74, 6) is 0.550. The third-order valence-corrected chi connectivity index (χ3v) is 5.16. The van der Waals surface area contributed by atoms with Gasteiger partial charge in [0.2, 0.25) is 0 Å². The van der Waals surface area contributed by atoms with Crippen LogP contribution < -0.4 is 5.32 Å². The first-order chi connectivity index (χ1) is 8.74. The average molecular weight is 265 g/mol. The maximum atomic E-state index is 12.1. The van der Waals surface area contributed by atoms with Gasteiger partial charge < -0.3 is 10.4 Å². The zero-order chi connectivity index (χ0) is 12.5. The van der Waals surface area contributed by atoms with Gasteiger partial charge in [-0.25, -0.2) is 0 Å². The van der Waals surface area contributed by atoms with Gasteiger partial charge in [0.25, 0.3) is 5.91 Å². The first kappa shape index (κ1) is 12.2. The van der Waals surface area contributed by atoms with Gasteiger partial charge >= 0.3 is 0 Å². The van der Waals surface area contributed by atoms with E-state index in [0.717, 1.165) is 31.2 Å². The third kappa shape index (κ3) is 2.31. The first-order valence-corrected chi connectivity index (χ1v) is 7.67. The number of carbonyl (C=O) groups is 1.